The molecule has 28 heteroatoms. The summed E-state index contributed by atoms with van der Waals surface area (Å²) in [6.07, 6.45) is -49.0. The molecule has 0 fully saturated rings. The van der Waals surface area contributed by atoms with Crippen LogP contribution in [0.15, 0.2) is 133 Å². The Bertz CT molecular complexity index is 2510. The van der Waals surface area contributed by atoms with Gasteiger partial charge in [0, 0.05) is 39.6 Å². The van der Waals surface area contributed by atoms with Crippen molar-refractivity contribution in [3.8, 4) is 0 Å². The Morgan fingerprint density at radius 1 is 0.356 bits per heavy atom. The normalized spacial score (nSPS) is 13.9. The fourth-order valence-electron chi connectivity index (χ4n) is 7.61. The Balaban J connectivity index is 0.000000520. The molecule has 0 aliphatic rings. The van der Waals surface area contributed by atoms with Gasteiger partial charge < -0.3 is 0 Å². The molecule has 0 aliphatic heterocycles. The maximum Gasteiger partial charge on any atom is 0.416 e. The molecule has 5 aromatic carbocycles. The molecule has 0 aliphatic carbocycles. The standard InChI is InChI=1S/C32H12BF24.C13H14NOS/c34-25(35,36)13-1-14(26(37,38)39)6-21(5-13)33(22-7-15(27(40,41)42)2-16(8-22)28(43,44)45,23-9-17(29(46,47)48)3-18(10-23)30(49,50)51)24-11-19(31(52,53)54)4-20(12-24)32(55,56)57;1-16(15)13-7-5-12(6-8-13)11-14-9-3-2-4-10-14/h1-12H;2-10H,11H2,1H3/q-1;+1. The van der Waals surface area contributed by atoms with Crippen LogP contribution in [-0.2, 0) is 66.8 Å². The Labute approximate surface area is 397 Å². The van der Waals surface area contributed by atoms with Gasteiger partial charge in [-0.05, 0) is 36.4 Å². The Hall–Kier alpha value is -6.22. The van der Waals surface area contributed by atoms with Crippen molar-refractivity contribution in [2.45, 2.75) is 60.9 Å². The van der Waals surface area contributed by atoms with Crippen molar-refractivity contribution in [3.05, 3.63) is 178 Å². The summed E-state index contributed by atoms with van der Waals surface area (Å²) < 4.78 is 354. The average molecular weight is 1100 g/mol. The third-order valence-electron chi connectivity index (χ3n) is 10.8. The van der Waals surface area contributed by atoms with Crippen molar-refractivity contribution >= 4 is 38.8 Å². The molecule has 73 heavy (non-hydrogen) atoms. The lowest BCUT2D eigenvalue weighted by atomic mass is 9.12. The predicted molar refractivity (Wildman–Crippen MR) is 215 cm³/mol. The molecular weight excluding hydrogens is 1070 g/mol. The van der Waals surface area contributed by atoms with E-state index in [0.717, 1.165) is 11.4 Å². The van der Waals surface area contributed by atoms with Crippen molar-refractivity contribution in [2.75, 3.05) is 6.26 Å². The molecule has 6 rings (SSSR count). The van der Waals surface area contributed by atoms with Gasteiger partial charge in [-0.3, -0.25) is 4.21 Å². The van der Waals surface area contributed by atoms with Gasteiger partial charge in [0.1, 0.15) is 6.15 Å². The van der Waals surface area contributed by atoms with Crippen LogP contribution in [0.25, 0.3) is 0 Å². The van der Waals surface area contributed by atoms with E-state index in [1.54, 1.807) is 6.26 Å². The predicted octanol–water partition coefficient (Wildman–Crippen LogP) is 13.0. The van der Waals surface area contributed by atoms with Gasteiger partial charge in [-0.25, -0.2) is 4.57 Å². The van der Waals surface area contributed by atoms with Crippen LogP contribution in [0.2, 0.25) is 0 Å². The van der Waals surface area contributed by atoms with Crippen LogP contribution >= 0.6 is 0 Å². The van der Waals surface area contributed by atoms with Crippen LogP contribution in [-0.4, -0.2) is 16.6 Å². The molecule has 1 unspecified atom stereocenters. The largest absolute Gasteiger partial charge is 0.416 e. The van der Waals surface area contributed by atoms with Crippen molar-refractivity contribution in [3.63, 3.8) is 0 Å². The van der Waals surface area contributed by atoms with Gasteiger partial charge >= 0.3 is 49.4 Å². The lowest BCUT2D eigenvalue weighted by Crippen LogP contribution is -2.75. The van der Waals surface area contributed by atoms with E-state index in [0.29, 0.717) is 0 Å². The first kappa shape index (κ1) is 57.7. The second kappa shape index (κ2) is 19.9. The van der Waals surface area contributed by atoms with Crippen molar-refractivity contribution in [1.29, 1.82) is 0 Å². The number of alkyl halides is 24. The van der Waals surface area contributed by atoms with E-state index in [1.165, 1.54) is 5.56 Å². The van der Waals surface area contributed by atoms with E-state index in [2.05, 4.69) is 4.57 Å². The molecule has 0 radical (unpaired) electrons. The first-order chi connectivity index (χ1) is 33.0. The molecule has 0 saturated carbocycles. The molecule has 1 aromatic heterocycles. The van der Waals surface area contributed by atoms with Gasteiger partial charge in [0.15, 0.2) is 18.9 Å². The number of hydrogen-bond donors (Lipinski definition) is 0. The maximum atomic E-state index is 14.2. The van der Waals surface area contributed by atoms with Gasteiger partial charge in [-0.15, -0.1) is 0 Å². The number of pyridine rings is 1. The van der Waals surface area contributed by atoms with Gasteiger partial charge in [0.2, 0.25) is 0 Å². The summed E-state index contributed by atoms with van der Waals surface area (Å²) in [5.74, 6) is 0. The zero-order valence-electron chi connectivity index (χ0n) is 35.7. The molecule has 0 spiro atoms. The second-order valence-electron chi connectivity index (χ2n) is 15.9. The molecule has 1 heterocycles. The SMILES string of the molecule is CS(=O)c1ccc(C[n+]2ccccc2)cc1.FC(F)(F)c1cc([B-](c2cc(C(F)(F)F)cc(C(F)(F)F)c2)(c2cc(C(F)(F)F)cc(C(F)(F)F)c2)c2cc(C(F)(F)F)cc(C(F)(F)F)c2)cc(C(F)(F)F)c1. The van der Waals surface area contributed by atoms with E-state index in [-0.39, 0.29) is 0 Å². The second-order valence-corrected chi connectivity index (χ2v) is 17.2. The van der Waals surface area contributed by atoms with Crippen LogP contribution in [0.3, 0.4) is 0 Å². The molecule has 6 aromatic rings. The highest BCUT2D eigenvalue weighted by Crippen LogP contribution is 2.41. The fraction of sp³-hybridized carbons (Fsp3) is 0.222. The third-order valence-corrected chi connectivity index (χ3v) is 11.8. The maximum absolute atomic E-state index is 14.2. The van der Waals surface area contributed by atoms with Crippen LogP contribution in [0.5, 0.6) is 0 Å². The number of nitrogens with zero attached hydrogens (tertiary/aromatic N) is 1. The fourth-order valence-corrected chi connectivity index (χ4v) is 8.13. The van der Waals surface area contributed by atoms with Crippen molar-refractivity contribution in [1.82, 2.24) is 0 Å². The highest BCUT2D eigenvalue weighted by molar-refractivity contribution is 7.84. The molecule has 394 valence electrons. The van der Waals surface area contributed by atoms with E-state index in [1.807, 2.05) is 54.9 Å². The van der Waals surface area contributed by atoms with E-state index in [4.69, 9.17) is 0 Å². The first-order valence-electron chi connectivity index (χ1n) is 19.7. The number of hydrogen-bond acceptors (Lipinski definition) is 1. The van der Waals surface area contributed by atoms with Crippen molar-refractivity contribution < 1.29 is 114 Å². The minimum atomic E-state index is -6.13. The summed E-state index contributed by atoms with van der Waals surface area (Å²) >= 11 is 0. The lowest BCUT2D eigenvalue weighted by Gasteiger charge is -2.46. The van der Waals surface area contributed by atoms with Crippen LogP contribution in [0.4, 0.5) is 105 Å². The molecule has 1 atom stereocenters. The van der Waals surface area contributed by atoms with E-state index >= 15 is 0 Å². The third kappa shape index (κ3) is 13.7. The minimum Gasteiger partial charge on any atom is -0.255 e. The van der Waals surface area contributed by atoms with Gasteiger partial charge in [0.25, 0.3) is 0 Å². The zero-order chi connectivity index (χ0) is 55.3. The molecular formula is C45H26BF24NOS. The number of benzene rings is 5. The average Bonchev–Trinajstić information content (AvgIpc) is 3.25. The quantitative estimate of drug-likeness (QED) is 0.0887. The highest BCUT2D eigenvalue weighted by atomic mass is 32.2. The topological polar surface area (TPSA) is 20.9 Å². The highest BCUT2D eigenvalue weighted by Gasteiger charge is 2.47. The molecule has 0 N–H and O–H groups in total. The molecule has 0 amide bonds. The van der Waals surface area contributed by atoms with Crippen molar-refractivity contribution in [2.24, 2.45) is 0 Å². The summed E-state index contributed by atoms with van der Waals surface area (Å²) in [5, 5.41) is 0. The zero-order valence-corrected chi connectivity index (χ0v) is 36.6. The Kier molecular flexibility index (Phi) is 15.7. The molecule has 0 saturated heterocycles. The lowest BCUT2D eigenvalue weighted by molar-refractivity contribution is -0.688. The molecule has 0 bridgehead atoms. The van der Waals surface area contributed by atoms with Crippen LogP contribution in [0.1, 0.15) is 50.1 Å². The van der Waals surface area contributed by atoms with Gasteiger partial charge in [-0.2, -0.15) is 127 Å². The minimum absolute atomic E-state index is 0.691. The first-order valence-corrected chi connectivity index (χ1v) is 21.3. The number of aromatic nitrogens is 1. The Morgan fingerprint density at radius 3 is 0.767 bits per heavy atom. The van der Waals surface area contributed by atoms with Crippen LogP contribution in [0, 0.1) is 0 Å². The van der Waals surface area contributed by atoms with Crippen LogP contribution < -0.4 is 26.4 Å². The van der Waals surface area contributed by atoms with Gasteiger partial charge in [-0.1, -0.05) is 66.7 Å². The number of rotatable bonds is 7. The monoisotopic (exact) mass is 1100 g/mol. The summed E-state index contributed by atoms with van der Waals surface area (Å²) in [6, 6.07) is 5.11. The van der Waals surface area contributed by atoms with E-state index < -0.39 is 206 Å². The summed E-state index contributed by atoms with van der Waals surface area (Å²) in [6.45, 7) is 0.845. The summed E-state index contributed by atoms with van der Waals surface area (Å²) in [4.78, 5) is 0.877. The molecule has 2 nitrogen and oxygen atoms in total. The Morgan fingerprint density at radius 2 is 0.575 bits per heavy atom. The smallest absolute Gasteiger partial charge is 0.255 e. The summed E-state index contributed by atoms with van der Waals surface area (Å²) in [5.41, 5.74) is -29.0. The van der Waals surface area contributed by atoms with E-state index in [9.17, 15) is 110 Å². The summed E-state index contributed by atoms with van der Waals surface area (Å²) in [7, 11) is -0.890. The van der Waals surface area contributed by atoms with Gasteiger partial charge in [0.05, 0.1) is 44.5 Å². The number of halogens is 24.